The molecule has 0 saturated carbocycles. The number of aromatic nitrogens is 3. The fourth-order valence-electron chi connectivity index (χ4n) is 4.83. The van der Waals surface area contributed by atoms with Crippen LogP contribution in [0.25, 0.3) is 0 Å². The Labute approximate surface area is 219 Å². The highest BCUT2D eigenvalue weighted by Gasteiger charge is 2.43. The number of nitrogens with zero attached hydrogens (tertiary/aromatic N) is 5. The van der Waals surface area contributed by atoms with Gasteiger partial charge in [-0.15, -0.1) is 5.10 Å². The Bertz CT molecular complexity index is 1300. The van der Waals surface area contributed by atoms with E-state index in [0.29, 0.717) is 38.2 Å². The summed E-state index contributed by atoms with van der Waals surface area (Å²) in [5, 5.41) is 9.61. The standard InChI is InChI=1S/C22H26F6N6O4S/c1-32-13-18(30-31-32)39(36,37)34-8-6-33(7-9-34)20(4-10-38-11-5-20)14-29-19(35)16-3-2-15(21(23,24)25)12-17(16)22(26,27)28/h2-3,12-13H,4-11,14H2,1H3,(H,29,35). The molecule has 3 heterocycles. The van der Waals surface area contributed by atoms with Crippen molar-refractivity contribution in [1.29, 1.82) is 0 Å². The van der Waals surface area contributed by atoms with Gasteiger partial charge in [0.25, 0.3) is 15.9 Å². The second kappa shape index (κ2) is 10.7. The van der Waals surface area contributed by atoms with Crippen molar-refractivity contribution in [3.05, 3.63) is 41.1 Å². The highest BCUT2D eigenvalue weighted by molar-refractivity contribution is 7.89. The third-order valence-corrected chi connectivity index (χ3v) is 8.75. The van der Waals surface area contributed by atoms with E-state index in [4.69, 9.17) is 4.74 Å². The molecule has 2 saturated heterocycles. The zero-order valence-corrected chi connectivity index (χ0v) is 21.5. The van der Waals surface area contributed by atoms with Crippen LogP contribution >= 0.6 is 0 Å². The molecule has 10 nitrogen and oxygen atoms in total. The number of carbonyl (C=O) groups is 1. The van der Waals surface area contributed by atoms with Crippen LogP contribution in [-0.2, 0) is 34.2 Å². The van der Waals surface area contributed by atoms with Gasteiger partial charge < -0.3 is 10.1 Å². The van der Waals surface area contributed by atoms with Crippen LogP contribution in [0, 0.1) is 0 Å². The number of benzene rings is 1. The van der Waals surface area contributed by atoms with Gasteiger partial charge >= 0.3 is 12.4 Å². The third-order valence-electron chi connectivity index (χ3n) is 6.99. The van der Waals surface area contributed by atoms with Crippen LogP contribution in [0.2, 0.25) is 0 Å². The number of halogens is 6. The lowest BCUT2D eigenvalue weighted by Gasteiger charge is -2.49. The van der Waals surface area contributed by atoms with Crippen molar-refractivity contribution in [3.8, 4) is 0 Å². The average molecular weight is 585 g/mol. The number of hydrogen-bond donors (Lipinski definition) is 1. The summed E-state index contributed by atoms with van der Waals surface area (Å²) >= 11 is 0. The average Bonchev–Trinajstić information content (AvgIpc) is 3.33. The normalized spacial score (nSPS) is 19.7. The van der Waals surface area contributed by atoms with Crippen LogP contribution in [0.1, 0.15) is 34.3 Å². The van der Waals surface area contributed by atoms with Gasteiger partial charge in [0, 0.05) is 58.5 Å². The molecule has 39 heavy (non-hydrogen) atoms. The highest BCUT2D eigenvalue weighted by atomic mass is 32.2. The van der Waals surface area contributed by atoms with Gasteiger partial charge in [-0.3, -0.25) is 14.4 Å². The molecular formula is C22H26F6N6O4S. The number of nitrogens with one attached hydrogen (secondary N) is 1. The first kappa shape index (κ1) is 29.2. The zero-order chi connectivity index (χ0) is 28.6. The molecule has 1 aromatic carbocycles. The SMILES string of the molecule is Cn1cc(S(=O)(=O)N2CCN(C3(CNC(=O)c4ccc(C(F)(F)F)cc4C(F)(F)F)CCOCC3)CC2)nn1. The van der Waals surface area contributed by atoms with Gasteiger partial charge in [-0.05, 0) is 31.0 Å². The summed E-state index contributed by atoms with van der Waals surface area (Å²) < 4.78 is 113. The maximum Gasteiger partial charge on any atom is 0.417 e. The lowest BCUT2D eigenvalue weighted by Crippen LogP contribution is -2.63. The number of piperazine rings is 1. The molecule has 0 aliphatic carbocycles. The quantitative estimate of drug-likeness (QED) is 0.519. The summed E-state index contributed by atoms with van der Waals surface area (Å²) in [7, 11) is -2.34. The van der Waals surface area contributed by atoms with Crippen LogP contribution in [0.5, 0.6) is 0 Å². The number of ether oxygens (including phenoxy) is 1. The van der Waals surface area contributed by atoms with Gasteiger partial charge in [0.1, 0.15) is 0 Å². The van der Waals surface area contributed by atoms with Crippen molar-refractivity contribution >= 4 is 15.9 Å². The zero-order valence-electron chi connectivity index (χ0n) is 20.7. The Morgan fingerprint density at radius 3 is 2.23 bits per heavy atom. The Hall–Kier alpha value is -2.76. The maximum atomic E-state index is 13.6. The van der Waals surface area contributed by atoms with Crippen LogP contribution < -0.4 is 5.32 Å². The van der Waals surface area contributed by atoms with Crippen molar-refractivity contribution in [2.45, 2.75) is 35.8 Å². The van der Waals surface area contributed by atoms with E-state index in [1.165, 1.54) is 22.2 Å². The van der Waals surface area contributed by atoms with Crippen molar-refractivity contribution < 1.29 is 44.3 Å². The molecule has 2 aromatic rings. The summed E-state index contributed by atoms with van der Waals surface area (Å²) in [6, 6.07) is 0.884. The van der Waals surface area contributed by atoms with Gasteiger partial charge in [-0.1, -0.05) is 5.21 Å². The molecule has 2 aliphatic heterocycles. The number of alkyl halides is 6. The van der Waals surface area contributed by atoms with Crippen LogP contribution in [0.15, 0.2) is 29.4 Å². The summed E-state index contributed by atoms with van der Waals surface area (Å²) in [5.74, 6) is -1.16. The molecule has 1 aromatic heterocycles. The third kappa shape index (κ3) is 6.20. The summed E-state index contributed by atoms with van der Waals surface area (Å²) in [4.78, 5) is 14.8. The number of aryl methyl sites for hydroxylation is 1. The summed E-state index contributed by atoms with van der Waals surface area (Å²) in [6.07, 6.45) is -8.10. The molecule has 0 bridgehead atoms. The number of amides is 1. The number of hydrogen-bond acceptors (Lipinski definition) is 7. The number of rotatable bonds is 6. The van der Waals surface area contributed by atoms with Gasteiger partial charge in [0.2, 0.25) is 5.03 Å². The van der Waals surface area contributed by atoms with Gasteiger partial charge in [-0.2, -0.15) is 30.6 Å². The van der Waals surface area contributed by atoms with Gasteiger partial charge in [0.15, 0.2) is 0 Å². The molecule has 17 heteroatoms. The minimum absolute atomic E-state index is 0.0735. The second-order valence-corrected chi connectivity index (χ2v) is 11.3. The maximum absolute atomic E-state index is 13.6. The lowest BCUT2D eigenvalue weighted by atomic mass is 9.87. The molecule has 216 valence electrons. The molecule has 2 fully saturated rings. The predicted molar refractivity (Wildman–Crippen MR) is 123 cm³/mol. The van der Waals surface area contributed by atoms with E-state index in [1.54, 1.807) is 0 Å². The van der Waals surface area contributed by atoms with E-state index in [2.05, 4.69) is 15.6 Å². The van der Waals surface area contributed by atoms with Crippen LogP contribution in [-0.4, -0.2) is 90.0 Å². The Morgan fingerprint density at radius 2 is 1.69 bits per heavy atom. The lowest BCUT2D eigenvalue weighted by molar-refractivity contribution is -0.143. The molecule has 2 aliphatic rings. The highest BCUT2D eigenvalue weighted by Crippen LogP contribution is 2.37. The van der Waals surface area contributed by atoms with Crippen molar-refractivity contribution in [3.63, 3.8) is 0 Å². The van der Waals surface area contributed by atoms with Crippen molar-refractivity contribution in [2.24, 2.45) is 7.05 Å². The molecule has 0 atom stereocenters. The first-order chi connectivity index (χ1) is 18.1. The minimum Gasteiger partial charge on any atom is -0.381 e. The topological polar surface area (TPSA) is 110 Å². The van der Waals surface area contributed by atoms with Crippen LogP contribution in [0.3, 0.4) is 0 Å². The molecule has 0 radical (unpaired) electrons. The molecule has 1 N–H and O–H groups in total. The minimum atomic E-state index is -5.19. The Morgan fingerprint density at radius 1 is 1.05 bits per heavy atom. The van der Waals surface area contributed by atoms with Gasteiger partial charge in [-0.25, -0.2) is 8.42 Å². The second-order valence-electron chi connectivity index (χ2n) is 9.40. The first-order valence-electron chi connectivity index (χ1n) is 11.9. The number of carbonyl (C=O) groups excluding carboxylic acids is 1. The first-order valence-corrected chi connectivity index (χ1v) is 13.3. The number of sulfonamides is 1. The van der Waals surface area contributed by atoms with Gasteiger partial charge in [0.05, 0.1) is 22.9 Å². The fraction of sp³-hybridized carbons (Fsp3) is 0.591. The molecule has 1 amide bonds. The summed E-state index contributed by atoms with van der Waals surface area (Å²) in [5.41, 5.74) is -4.86. The Kier molecular flexibility index (Phi) is 7.99. The monoisotopic (exact) mass is 584 g/mol. The van der Waals surface area contributed by atoms with Crippen molar-refractivity contribution in [2.75, 3.05) is 45.9 Å². The molecule has 4 rings (SSSR count). The molecular weight excluding hydrogens is 558 g/mol. The fourth-order valence-corrected chi connectivity index (χ4v) is 6.16. The van der Waals surface area contributed by atoms with E-state index in [1.807, 2.05) is 4.90 Å². The van der Waals surface area contributed by atoms with E-state index in [9.17, 15) is 39.6 Å². The molecule has 0 unspecified atom stereocenters. The Balaban J connectivity index is 1.50. The van der Waals surface area contributed by atoms with Crippen LogP contribution in [0.4, 0.5) is 26.3 Å². The predicted octanol–water partition coefficient (Wildman–Crippen LogP) is 2.14. The summed E-state index contributed by atoms with van der Waals surface area (Å²) in [6.45, 7) is 1.25. The largest absolute Gasteiger partial charge is 0.417 e. The van der Waals surface area contributed by atoms with E-state index in [-0.39, 0.29) is 43.8 Å². The molecule has 0 spiro atoms. The smallest absolute Gasteiger partial charge is 0.381 e. The van der Waals surface area contributed by atoms with E-state index < -0.39 is 50.5 Å². The van der Waals surface area contributed by atoms with E-state index in [0.717, 1.165) is 0 Å². The van der Waals surface area contributed by atoms with E-state index >= 15 is 0 Å². The van der Waals surface area contributed by atoms with Crippen molar-refractivity contribution in [1.82, 2.24) is 29.5 Å².